The van der Waals surface area contributed by atoms with Crippen LogP contribution in [-0.2, 0) is 14.5 Å². The Hall–Kier alpha value is -2.71. The van der Waals surface area contributed by atoms with E-state index in [4.69, 9.17) is 5.73 Å². The second-order valence-corrected chi connectivity index (χ2v) is 8.65. The lowest BCUT2D eigenvalue weighted by Crippen LogP contribution is -2.46. The summed E-state index contributed by atoms with van der Waals surface area (Å²) in [5.41, 5.74) is 7.26. The van der Waals surface area contributed by atoms with Gasteiger partial charge in [-0.3, -0.25) is 9.59 Å². The van der Waals surface area contributed by atoms with Crippen LogP contribution in [0.3, 0.4) is 0 Å². The monoisotopic (exact) mass is 458 g/mol. The van der Waals surface area contributed by atoms with Crippen LogP contribution in [0.2, 0.25) is 0 Å². The van der Waals surface area contributed by atoms with E-state index in [1.54, 1.807) is 12.1 Å². The van der Waals surface area contributed by atoms with Crippen molar-refractivity contribution < 1.29 is 14.0 Å². The van der Waals surface area contributed by atoms with E-state index in [1.165, 1.54) is 42.2 Å². The molecule has 1 atom stereocenters. The third kappa shape index (κ3) is 6.40. The van der Waals surface area contributed by atoms with Crippen LogP contribution in [0.1, 0.15) is 51.2 Å². The summed E-state index contributed by atoms with van der Waals surface area (Å²) in [6, 6.07) is 15.7. The molecule has 0 saturated carbocycles. The Morgan fingerprint density at radius 3 is 2.44 bits per heavy atom. The standard InChI is InChI=1S/C21H23FN4O2S.C3H8/c1-15(27)24-14-19(28)26-21(11-6-12-23,17-8-3-2-4-9-17)29-20(25-26)16-7-5-10-18(22)13-16;1-3-2/h2-5,7-10,13H,6,11-12,14,23H2,1H3,(H,24,27);3H2,1-2H3. The topological polar surface area (TPSA) is 87.8 Å². The molecular formula is C24H31FN4O2S. The zero-order valence-corrected chi connectivity index (χ0v) is 19.6. The van der Waals surface area contributed by atoms with Gasteiger partial charge in [0.15, 0.2) is 0 Å². The average molecular weight is 459 g/mol. The molecule has 0 aliphatic carbocycles. The van der Waals surface area contributed by atoms with Gasteiger partial charge in [-0.25, -0.2) is 9.40 Å². The largest absolute Gasteiger partial charge is 0.347 e. The van der Waals surface area contributed by atoms with Gasteiger partial charge in [-0.2, -0.15) is 5.10 Å². The Labute approximate surface area is 193 Å². The number of hydrogen-bond acceptors (Lipinski definition) is 5. The minimum absolute atomic E-state index is 0.174. The molecule has 0 bridgehead atoms. The lowest BCUT2D eigenvalue weighted by atomic mass is 10.00. The van der Waals surface area contributed by atoms with Crippen LogP contribution in [-0.4, -0.2) is 35.0 Å². The maximum absolute atomic E-state index is 13.8. The Balaban J connectivity index is 0.00000114. The molecule has 0 saturated heterocycles. The molecule has 32 heavy (non-hydrogen) atoms. The average Bonchev–Trinajstić information content (AvgIpc) is 3.18. The van der Waals surface area contributed by atoms with Crippen molar-refractivity contribution in [2.75, 3.05) is 13.1 Å². The Morgan fingerprint density at radius 1 is 1.16 bits per heavy atom. The fraction of sp³-hybridized carbons (Fsp3) is 0.375. The van der Waals surface area contributed by atoms with Crippen LogP contribution in [0.15, 0.2) is 59.7 Å². The summed E-state index contributed by atoms with van der Waals surface area (Å²) in [5.74, 6) is -1.02. The van der Waals surface area contributed by atoms with Gasteiger partial charge >= 0.3 is 0 Å². The van der Waals surface area contributed by atoms with Gasteiger partial charge in [0.05, 0.1) is 6.54 Å². The molecule has 1 heterocycles. The van der Waals surface area contributed by atoms with Crippen LogP contribution in [0.4, 0.5) is 4.39 Å². The summed E-state index contributed by atoms with van der Waals surface area (Å²) in [6.45, 7) is 5.89. The first-order chi connectivity index (χ1) is 15.4. The van der Waals surface area contributed by atoms with Crippen LogP contribution >= 0.6 is 11.8 Å². The molecule has 0 radical (unpaired) electrons. The first-order valence-corrected chi connectivity index (χ1v) is 11.6. The highest BCUT2D eigenvalue weighted by atomic mass is 32.2. The van der Waals surface area contributed by atoms with Crippen molar-refractivity contribution in [3.05, 3.63) is 71.5 Å². The summed E-state index contributed by atoms with van der Waals surface area (Å²) < 4.78 is 13.8. The van der Waals surface area contributed by atoms with E-state index in [-0.39, 0.29) is 24.2 Å². The number of rotatable bonds is 7. The van der Waals surface area contributed by atoms with Crippen molar-refractivity contribution in [2.24, 2.45) is 10.8 Å². The highest BCUT2D eigenvalue weighted by molar-refractivity contribution is 8.15. The number of nitrogens with zero attached hydrogens (tertiary/aromatic N) is 2. The fourth-order valence-corrected chi connectivity index (χ4v) is 4.60. The van der Waals surface area contributed by atoms with Gasteiger partial charge in [0, 0.05) is 12.5 Å². The number of carbonyl (C=O) groups is 2. The van der Waals surface area contributed by atoms with Crippen LogP contribution in [0, 0.1) is 5.82 Å². The quantitative estimate of drug-likeness (QED) is 0.651. The maximum Gasteiger partial charge on any atom is 0.263 e. The minimum atomic E-state index is -0.822. The van der Waals surface area contributed by atoms with E-state index in [9.17, 15) is 14.0 Å². The molecule has 172 valence electrons. The first-order valence-electron chi connectivity index (χ1n) is 10.7. The zero-order chi connectivity index (χ0) is 23.6. The van der Waals surface area contributed by atoms with Crippen molar-refractivity contribution in [3.63, 3.8) is 0 Å². The van der Waals surface area contributed by atoms with Gasteiger partial charge in [0.25, 0.3) is 5.91 Å². The van der Waals surface area contributed by atoms with Crippen LogP contribution in [0.5, 0.6) is 0 Å². The Morgan fingerprint density at radius 2 is 1.84 bits per heavy atom. The number of nitrogens with one attached hydrogen (secondary N) is 1. The summed E-state index contributed by atoms with van der Waals surface area (Å²) in [6.07, 6.45) is 2.48. The van der Waals surface area contributed by atoms with Gasteiger partial charge in [0.1, 0.15) is 15.7 Å². The number of hydrazone groups is 1. The van der Waals surface area contributed by atoms with Crippen molar-refractivity contribution >= 4 is 28.6 Å². The molecule has 2 aromatic carbocycles. The second kappa shape index (κ2) is 12.4. The highest BCUT2D eigenvalue weighted by Gasteiger charge is 2.48. The van der Waals surface area contributed by atoms with Gasteiger partial charge < -0.3 is 11.1 Å². The van der Waals surface area contributed by atoms with E-state index < -0.39 is 4.87 Å². The summed E-state index contributed by atoms with van der Waals surface area (Å²) >= 11 is 1.40. The predicted molar refractivity (Wildman–Crippen MR) is 128 cm³/mol. The molecule has 3 rings (SSSR count). The van der Waals surface area contributed by atoms with Crippen molar-refractivity contribution in [1.82, 2.24) is 10.3 Å². The molecule has 1 aliphatic heterocycles. The lowest BCUT2D eigenvalue weighted by Gasteiger charge is -2.36. The molecule has 0 spiro atoms. The van der Waals surface area contributed by atoms with Crippen LogP contribution < -0.4 is 11.1 Å². The number of halogens is 1. The number of amides is 2. The summed E-state index contributed by atoms with van der Waals surface area (Å²) in [4.78, 5) is 23.5. The molecular weight excluding hydrogens is 427 g/mol. The summed E-state index contributed by atoms with van der Waals surface area (Å²) in [7, 11) is 0. The lowest BCUT2D eigenvalue weighted by molar-refractivity contribution is -0.135. The molecule has 1 aliphatic rings. The molecule has 3 N–H and O–H groups in total. The van der Waals surface area contributed by atoms with E-state index in [0.717, 1.165) is 5.56 Å². The Bertz CT molecular complexity index is 939. The van der Waals surface area contributed by atoms with E-state index >= 15 is 0 Å². The van der Waals surface area contributed by atoms with Crippen molar-refractivity contribution in [3.8, 4) is 0 Å². The number of hydrogen-bond donors (Lipinski definition) is 2. The number of carbonyl (C=O) groups excluding carboxylic acids is 2. The van der Waals surface area contributed by atoms with Crippen molar-refractivity contribution in [1.29, 1.82) is 0 Å². The highest BCUT2D eigenvalue weighted by Crippen LogP contribution is 2.50. The minimum Gasteiger partial charge on any atom is -0.347 e. The number of benzene rings is 2. The van der Waals surface area contributed by atoms with Crippen LogP contribution in [0.25, 0.3) is 0 Å². The molecule has 6 nitrogen and oxygen atoms in total. The Kier molecular flexibility index (Phi) is 9.87. The SMILES string of the molecule is CC(=O)NCC(=O)N1N=C(c2cccc(F)c2)SC1(CCCN)c1ccccc1.CCC. The van der Waals surface area contributed by atoms with Gasteiger partial charge in [-0.05, 0) is 37.1 Å². The molecule has 0 aromatic heterocycles. The molecule has 2 aromatic rings. The third-order valence-electron chi connectivity index (χ3n) is 4.54. The molecule has 0 fully saturated rings. The predicted octanol–water partition coefficient (Wildman–Crippen LogP) is 4.21. The van der Waals surface area contributed by atoms with Crippen molar-refractivity contribution in [2.45, 2.75) is 44.9 Å². The number of thioether (sulfide) groups is 1. The van der Waals surface area contributed by atoms with E-state index in [2.05, 4.69) is 24.3 Å². The summed E-state index contributed by atoms with van der Waals surface area (Å²) in [5, 5.41) is 9.06. The normalized spacial score (nSPS) is 17.3. The molecule has 2 amide bonds. The van der Waals surface area contributed by atoms with E-state index in [0.29, 0.717) is 30.0 Å². The molecule has 1 unspecified atom stereocenters. The first kappa shape index (κ1) is 25.5. The van der Waals surface area contributed by atoms with E-state index in [1.807, 2.05) is 30.3 Å². The molecule has 8 heteroatoms. The number of nitrogens with two attached hydrogens (primary N) is 1. The zero-order valence-electron chi connectivity index (χ0n) is 18.8. The van der Waals surface area contributed by atoms with Gasteiger partial charge in [-0.1, -0.05) is 74.5 Å². The smallest absolute Gasteiger partial charge is 0.263 e. The maximum atomic E-state index is 13.8. The van der Waals surface area contributed by atoms with Gasteiger partial charge in [0.2, 0.25) is 5.91 Å². The second-order valence-electron chi connectivity index (χ2n) is 7.38. The third-order valence-corrected chi connectivity index (χ3v) is 6.00. The van der Waals surface area contributed by atoms with Gasteiger partial charge in [-0.15, -0.1) is 0 Å². The fourth-order valence-electron chi connectivity index (χ4n) is 3.19.